The van der Waals surface area contributed by atoms with Gasteiger partial charge in [0, 0.05) is 43.1 Å². The Bertz CT molecular complexity index is 1540. The van der Waals surface area contributed by atoms with Gasteiger partial charge in [-0.1, -0.05) is 60.8 Å². The minimum absolute atomic E-state index is 0.0973. The van der Waals surface area contributed by atoms with Crippen molar-refractivity contribution in [3.05, 3.63) is 91.9 Å². The Morgan fingerprint density at radius 1 is 1.16 bits per heavy atom. The molecule has 1 amide bonds. The number of carbonyl (C=O) groups excluding carboxylic acids is 2. The highest BCUT2D eigenvalue weighted by atomic mass is 35.5. The van der Waals surface area contributed by atoms with Crippen molar-refractivity contribution in [3.8, 4) is 6.07 Å². The fourth-order valence-electron chi connectivity index (χ4n) is 4.02. The van der Waals surface area contributed by atoms with E-state index in [1.807, 2.05) is 48.0 Å². The normalized spacial score (nSPS) is 11.4. The first-order chi connectivity index (χ1) is 17.9. The van der Waals surface area contributed by atoms with E-state index in [0.717, 1.165) is 34.2 Å². The number of benzene rings is 2. The molecule has 6 nitrogen and oxygen atoms in total. The van der Waals surface area contributed by atoms with Crippen LogP contribution in [0.5, 0.6) is 0 Å². The summed E-state index contributed by atoms with van der Waals surface area (Å²) in [6.07, 6.45) is 5.06. The molecule has 0 unspecified atom stereocenters. The summed E-state index contributed by atoms with van der Waals surface area (Å²) in [6.45, 7) is 2.45. The summed E-state index contributed by atoms with van der Waals surface area (Å²) in [5.74, 6) is -1.15. The molecular formula is C28H23Cl2N3O3S. The molecule has 2 heterocycles. The van der Waals surface area contributed by atoms with E-state index >= 15 is 0 Å². The summed E-state index contributed by atoms with van der Waals surface area (Å²) in [5.41, 5.74) is 2.54. The summed E-state index contributed by atoms with van der Waals surface area (Å²) in [4.78, 5) is 26.3. The zero-order chi connectivity index (χ0) is 26.5. The van der Waals surface area contributed by atoms with E-state index in [0.29, 0.717) is 27.2 Å². The molecule has 9 heteroatoms. The van der Waals surface area contributed by atoms with Crippen molar-refractivity contribution >= 4 is 68.4 Å². The number of anilines is 1. The van der Waals surface area contributed by atoms with Gasteiger partial charge in [-0.15, -0.1) is 11.3 Å². The number of thiophene rings is 1. The molecule has 4 rings (SSSR count). The third-order valence-corrected chi connectivity index (χ3v) is 7.60. The van der Waals surface area contributed by atoms with Gasteiger partial charge in [0.2, 0.25) is 0 Å². The van der Waals surface area contributed by atoms with Crippen LogP contribution >= 0.6 is 34.5 Å². The Morgan fingerprint density at radius 2 is 1.89 bits per heavy atom. The van der Waals surface area contributed by atoms with Crippen LogP contribution in [0, 0.1) is 11.3 Å². The Balaban J connectivity index is 1.69. The molecule has 188 valence electrons. The topological polar surface area (TPSA) is 84.1 Å². The van der Waals surface area contributed by atoms with E-state index in [1.54, 1.807) is 30.3 Å². The molecule has 2 aromatic heterocycles. The van der Waals surface area contributed by atoms with Crippen molar-refractivity contribution in [1.82, 2.24) is 4.57 Å². The molecule has 0 saturated heterocycles. The summed E-state index contributed by atoms with van der Waals surface area (Å²) in [7, 11) is 1.29. The predicted octanol–water partition coefficient (Wildman–Crippen LogP) is 7.34. The number of methoxy groups -OCH3 is 1. The second-order valence-electron chi connectivity index (χ2n) is 8.25. The molecule has 0 aliphatic carbocycles. The van der Waals surface area contributed by atoms with Crippen LogP contribution in [0.25, 0.3) is 17.0 Å². The van der Waals surface area contributed by atoms with Gasteiger partial charge in [0.25, 0.3) is 5.91 Å². The van der Waals surface area contributed by atoms with Crippen molar-refractivity contribution in [1.29, 1.82) is 5.26 Å². The monoisotopic (exact) mass is 551 g/mol. The molecule has 0 fully saturated rings. The number of esters is 1. The van der Waals surface area contributed by atoms with Crippen LogP contribution in [0.15, 0.2) is 60.3 Å². The first-order valence-corrected chi connectivity index (χ1v) is 13.1. The number of para-hydroxylation sites is 1. The molecule has 0 aliphatic heterocycles. The summed E-state index contributed by atoms with van der Waals surface area (Å²) >= 11 is 14.1. The molecule has 0 bridgehead atoms. The van der Waals surface area contributed by atoms with Crippen LogP contribution in [0.1, 0.15) is 39.7 Å². The lowest BCUT2D eigenvalue weighted by Crippen LogP contribution is -2.15. The van der Waals surface area contributed by atoms with Crippen LogP contribution in [0.3, 0.4) is 0 Å². The Morgan fingerprint density at radius 3 is 2.57 bits per heavy atom. The minimum Gasteiger partial charge on any atom is -0.465 e. The first-order valence-electron chi connectivity index (χ1n) is 11.5. The predicted molar refractivity (Wildman–Crippen MR) is 149 cm³/mol. The van der Waals surface area contributed by atoms with Crippen molar-refractivity contribution in [2.75, 3.05) is 12.4 Å². The van der Waals surface area contributed by atoms with Gasteiger partial charge in [0.05, 0.1) is 19.2 Å². The lowest BCUT2D eigenvalue weighted by atomic mass is 10.1. The Labute approximate surface area is 228 Å². The summed E-state index contributed by atoms with van der Waals surface area (Å²) < 4.78 is 6.84. The molecule has 0 spiro atoms. The van der Waals surface area contributed by atoms with Gasteiger partial charge < -0.3 is 14.6 Å². The first kappa shape index (κ1) is 26.5. The standard InChI is InChI=1S/C28H23Cl2N3O3S/c1-3-7-19-13-21(28(35)36-2)27(37-19)32-26(34)17(14-31)12-18-15-33(25-11-5-4-8-20(18)25)16-22-23(29)9-6-10-24(22)30/h4-6,8-13,15H,3,7,16H2,1-2H3,(H,32,34). The Kier molecular flexibility index (Phi) is 8.34. The zero-order valence-corrected chi connectivity index (χ0v) is 22.5. The fourth-order valence-corrected chi connectivity index (χ4v) is 5.67. The van der Waals surface area contributed by atoms with E-state index in [9.17, 15) is 14.9 Å². The third kappa shape index (κ3) is 5.72. The Hall–Kier alpha value is -3.57. The van der Waals surface area contributed by atoms with Crippen molar-refractivity contribution < 1.29 is 14.3 Å². The molecule has 4 aromatic rings. The van der Waals surface area contributed by atoms with Crippen molar-refractivity contribution in [3.63, 3.8) is 0 Å². The van der Waals surface area contributed by atoms with Gasteiger partial charge in [-0.05, 0) is 36.8 Å². The maximum Gasteiger partial charge on any atom is 0.340 e. The number of nitrogens with zero attached hydrogens (tertiary/aromatic N) is 2. The highest BCUT2D eigenvalue weighted by molar-refractivity contribution is 7.16. The van der Waals surface area contributed by atoms with E-state index in [1.165, 1.54) is 18.4 Å². The maximum atomic E-state index is 13.1. The minimum atomic E-state index is -0.608. The van der Waals surface area contributed by atoms with Crippen molar-refractivity contribution in [2.24, 2.45) is 0 Å². The number of fused-ring (bicyclic) bond motifs is 1. The maximum absolute atomic E-state index is 13.1. The zero-order valence-electron chi connectivity index (χ0n) is 20.2. The van der Waals surface area contributed by atoms with E-state index in [4.69, 9.17) is 27.9 Å². The largest absolute Gasteiger partial charge is 0.465 e. The lowest BCUT2D eigenvalue weighted by molar-refractivity contribution is -0.112. The van der Waals surface area contributed by atoms with Crippen LogP contribution in [-0.2, 0) is 22.5 Å². The second kappa shape index (κ2) is 11.7. The average Bonchev–Trinajstić information content (AvgIpc) is 3.45. The van der Waals surface area contributed by atoms with E-state index in [2.05, 4.69) is 5.32 Å². The second-order valence-corrected chi connectivity index (χ2v) is 10.2. The number of ether oxygens (including phenoxy) is 1. The van der Waals surface area contributed by atoms with E-state index in [-0.39, 0.29) is 11.1 Å². The van der Waals surface area contributed by atoms with Crippen molar-refractivity contribution in [2.45, 2.75) is 26.3 Å². The number of hydrogen-bond acceptors (Lipinski definition) is 5. The van der Waals surface area contributed by atoms with Gasteiger partial charge in [0.1, 0.15) is 16.6 Å². The van der Waals surface area contributed by atoms with Crippen LogP contribution in [-0.4, -0.2) is 23.6 Å². The average molecular weight is 552 g/mol. The molecule has 0 aliphatic rings. The highest BCUT2D eigenvalue weighted by Gasteiger charge is 2.21. The lowest BCUT2D eigenvalue weighted by Gasteiger charge is -2.09. The van der Waals surface area contributed by atoms with Crippen LogP contribution < -0.4 is 5.32 Å². The van der Waals surface area contributed by atoms with E-state index < -0.39 is 11.9 Å². The van der Waals surface area contributed by atoms with Gasteiger partial charge >= 0.3 is 5.97 Å². The number of hydrogen-bond donors (Lipinski definition) is 1. The number of aromatic nitrogens is 1. The third-order valence-electron chi connectivity index (χ3n) is 5.79. The highest BCUT2D eigenvalue weighted by Crippen LogP contribution is 2.32. The quantitative estimate of drug-likeness (QED) is 0.141. The van der Waals surface area contributed by atoms with Crippen LogP contribution in [0.2, 0.25) is 10.0 Å². The molecule has 2 aromatic carbocycles. The fraction of sp³-hybridized carbons (Fsp3) is 0.179. The number of nitriles is 1. The number of halogens is 2. The van der Waals surface area contributed by atoms with Gasteiger partial charge in [-0.3, -0.25) is 4.79 Å². The SMILES string of the molecule is CCCc1cc(C(=O)OC)c(NC(=O)C(C#N)=Cc2cn(Cc3c(Cl)cccc3Cl)c3ccccc23)s1. The molecule has 0 radical (unpaired) electrons. The summed E-state index contributed by atoms with van der Waals surface area (Å²) in [6, 6.07) is 16.8. The molecule has 37 heavy (non-hydrogen) atoms. The number of aryl methyl sites for hydroxylation is 1. The van der Waals surface area contributed by atoms with Crippen LogP contribution in [0.4, 0.5) is 5.00 Å². The molecular weight excluding hydrogens is 529 g/mol. The molecule has 0 atom stereocenters. The summed E-state index contributed by atoms with van der Waals surface area (Å²) in [5, 5.41) is 14.9. The van der Waals surface area contributed by atoms with Gasteiger partial charge in [-0.25, -0.2) is 4.79 Å². The smallest absolute Gasteiger partial charge is 0.340 e. The molecule has 0 saturated carbocycles. The number of rotatable bonds is 8. The number of carbonyl (C=O) groups is 2. The number of amides is 1. The number of nitrogens with one attached hydrogen (secondary N) is 1. The van der Waals surface area contributed by atoms with Gasteiger partial charge in [0.15, 0.2) is 0 Å². The van der Waals surface area contributed by atoms with Gasteiger partial charge in [-0.2, -0.15) is 5.26 Å². The molecule has 1 N–H and O–H groups in total.